The lowest BCUT2D eigenvalue weighted by Gasteiger charge is -2.21. The van der Waals surface area contributed by atoms with E-state index in [-0.39, 0.29) is 17.9 Å². The lowest BCUT2D eigenvalue weighted by Crippen LogP contribution is -2.92. The van der Waals surface area contributed by atoms with E-state index in [2.05, 4.69) is 21.2 Å². The minimum absolute atomic E-state index is 0.0665. The van der Waals surface area contributed by atoms with Crippen molar-refractivity contribution < 1.29 is 14.9 Å². The van der Waals surface area contributed by atoms with Gasteiger partial charge in [0.15, 0.2) is 6.04 Å². The number of halogens is 1. The Labute approximate surface area is 139 Å². The van der Waals surface area contributed by atoms with E-state index in [9.17, 15) is 9.59 Å². The van der Waals surface area contributed by atoms with Crippen molar-refractivity contribution in [2.24, 2.45) is 5.92 Å². The predicted octanol–water partition coefficient (Wildman–Crippen LogP) is 2.22. The summed E-state index contributed by atoms with van der Waals surface area (Å²) in [5.41, 5.74) is 0.673. The number of benzene rings is 1. The Morgan fingerprint density at radius 3 is 2.45 bits per heavy atom. The molecule has 0 bridgehead atoms. The molecule has 1 atom stereocenters. The molecule has 1 aromatic rings. The van der Waals surface area contributed by atoms with Crippen molar-refractivity contribution >= 4 is 33.4 Å². The molecule has 0 unspecified atom stereocenters. The van der Waals surface area contributed by atoms with E-state index >= 15 is 0 Å². The average Bonchev–Trinajstić information content (AvgIpc) is 2.82. The van der Waals surface area contributed by atoms with E-state index in [1.54, 1.807) is 0 Å². The van der Waals surface area contributed by atoms with Crippen LogP contribution in [0.15, 0.2) is 28.7 Å². The van der Waals surface area contributed by atoms with Crippen LogP contribution in [-0.4, -0.2) is 24.4 Å². The standard InChI is InChI=1S/C17H21BrN2O2/c18-13-6-8-14(9-7-13)20-16(21)10-15(17(20)22)19-11-12-4-2-1-3-5-12/h6-9,12,15,19H,1-5,10-11H2/p+1/t15-/m1/s1. The van der Waals surface area contributed by atoms with Crippen molar-refractivity contribution in [3.63, 3.8) is 0 Å². The van der Waals surface area contributed by atoms with Gasteiger partial charge < -0.3 is 5.32 Å². The van der Waals surface area contributed by atoms with E-state index in [1.807, 2.05) is 24.3 Å². The zero-order valence-corrected chi connectivity index (χ0v) is 14.2. The summed E-state index contributed by atoms with van der Waals surface area (Å²) in [6.07, 6.45) is 6.81. The molecule has 1 heterocycles. The van der Waals surface area contributed by atoms with Gasteiger partial charge in [-0.1, -0.05) is 35.2 Å². The fourth-order valence-corrected chi connectivity index (χ4v) is 3.74. The first kappa shape index (κ1) is 15.7. The van der Waals surface area contributed by atoms with E-state index in [0.29, 0.717) is 18.0 Å². The molecule has 2 fully saturated rings. The highest BCUT2D eigenvalue weighted by molar-refractivity contribution is 9.10. The molecule has 118 valence electrons. The third-order valence-electron chi connectivity index (χ3n) is 4.75. The zero-order valence-electron chi connectivity index (χ0n) is 12.6. The minimum atomic E-state index is -0.238. The summed E-state index contributed by atoms with van der Waals surface area (Å²) in [4.78, 5) is 26.1. The van der Waals surface area contributed by atoms with Gasteiger partial charge in [0, 0.05) is 10.4 Å². The molecule has 2 aliphatic rings. The molecule has 1 saturated heterocycles. The molecule has 3 rings (SSSR count). The van der Waals surface area contributed by atoms with Gasteiger partial charge in [-0.05, 0) is 37.1 Å². The maximum absolute atomic E-state index is 12.5. The second kappa shape index (κ2) is 6.92. The van der Waals surface area contributed by atoms with Crippen LogP contribution in [0, 0.1) is 5.92 Å². The number of anilines is 1. The molecule has 22 heavy (non-hydrogen) atoms. The summed E-state index contributed by atoms with van der Waals surface area (Å²) in [6, 6.07) is 7.09. The second-order valence-electron chi connectivity index (χ2n) is 6.33. The van der Waals surface area contributed by atoms with E-state index in [0.717, 1.165) is 11.0 Å². The minimum Gasteiger partial charge on any atom is -0.335 e. The number of amides is 2. The van der Waals surface area contributed by atoms with Crippen molar-refractivity contribution in [2.45, 2.75) is 44.6 Å². The van der Waals surface area contributed by atoms with Gasteiger partial charge in [0.2, 0.25) is 5.91 Å². The SMILES string of the molecule is O=C1C[C@@H]([NH2+]CC2CCCCC2)C(=O)N1c1ccc(Br)cc1. The van der Waals surface area contributed by atoms with Gasteiger partial charge in [-0.25, -0.2) is 4.90 Å². The highest BCUT2D eigenvalue weighted by Gasteiger charge is 2.42. The van der Waals surface area contributed by atoms with Gasteiger partial charge in [-0.15, -0.1) is 0 Å². The number of hydrogen-bond donors (Lipinski definition) is 1. The summed E-state index contributed by atoms with van der Waals surface area (Å²) in [5.74, 6) is 0.554. The Morgan fingerprint density at radius 1 is 1.09 bits per heavy atom. The van der Waals surface area contributed by atoms with Crippen molar-refractivity contribution in [3.05, 3.63) is 28.7 Å². The summed E-state index contributed by atoms with van der Waals surface area (Å²) in [5, 5.41) is 2.09. The summed E-state index contributed by atoms with van der Waals surface area (Å²) in [7, 11) is 0. The third-order valence-corrected chi connectivity index (χ3v) is 5.27. The van der Waals surface area contributed by atoms with Crippen LogP contribution in [0.5, 0.6) is 0 Å². The van der Waals surface area contributed by atoms with Crippen molar-refractivity contribution in [3.8, 4) is 0 Å². The number of imide groups is 1. The van der Waals surface area contributed by atoms with Crippen molar-refractivity contribution in [1.82, 2.24) is 0 Å². The number of carbonyl (C=O) groups is 2. The van der Waals surface area contributed by atoms with Crippen LogP contribution in [0.1, 0.15) is 38.5 Å². The van der Waals surface area contributed by atoms with Gasteiger partial charge in [0.1, 0.15) is 0 Å². The Hall–Kier alpha value is -1.20. The monoisotopic (exact) mass is 365 g/mol. The summed E-state index contributed by atoms with van der Waals surface area (Å²) >= 11 is 3.37. The highest BCUT2D eigenvalue weighted by Crippen LogP contribution is 2.24. The Morgan fingerprint density at radius 2 is 1.77 bits per heavy atom. The number of rotatable bonds is 4. The molecule has 1 aliphatic carbocycles. The van der Waals surface area contributed by atoms with E-state index in [4.69, 9.17) is 0 Å². The number of nitrogens with two attached hydrogens (primary N) is 1. The fourth-order valence-electron chi connectivity index (χ4n) is 3.48. The molecule has 4 nitrogen and oxygen atoms in total. The summed E-state index contributed by atoms with van der Waals surface area (Å²) in [6.45, 7) is 0.970. The quantitative estimate of drug-likeness (QED) is 0.831. The number of hydrogen-bond acceptors (Lipinski definition) is 2. The van der Waals surface area contributed by atoms with Crippen LogP contribution in [0.25, 0.3) is 0 Å². The first-order chi connectivity index (χ1) is 10.6. The molecule has 1 aromatic carbocycles. The molecule has 2 amide bonds. The smallest absolute Gasteiger partial charge is 0.292 e. The fraction of sp³-hybridized carbons (Fsp3) is 0.529. The van der Waals surface area contributed by atoms with Gasteiger partial charge in [-0.2, -0.15) is 0 Å². The van der Waals surface area contributed by atoms with Crippen LogP contribution < -0.4 is 10.2 Å². The largest absolute Gasteiger partial charge is 0.335 e. The maximum Gasteiger partial charge on any atom is 0.292 e. The highest BCUT2D eigenvalue weighted by atomic mass is 79.9. The van der Waals surface area contributed by atoms with E-state index < -0.39 is 0 Å². The summed E-state index contributed by atoms with van der Waals surface area (Å²) < 4.78 is 0.941. The Bertz CT molecular complexity index is 552. The van der Waals surface area contributed by atoms with Gasteiger partial charge in [-0.3, -0.25) is 9.59 Å². The number of quaternary nitrogens is 1. The Kier molecular flexibility index (Phi) is 4.93. The van der Waals surface area contributed by atoms with Crippen LogP contribution in [0.2, 0.25) is 0 Å². The first-order valence-electron chi connectivity index (χ1n) is 8.11. The molecule has 2 N–H and O–H groups in total. The molecular weight excluding hydrogens is 344 g/mol. The normalized spacial score (nSPS) is 23.3. The predicted molar refractivity (Wildman–Crippen MR) is 88.4 cm³/mol. The zero-order chi connectivity index (χ0) is 15.5. The van der Waals surface area contributed by atoms with Crippen LogP contribution >= 0.6 is 15.9 Å². The molecule has 0 spiro atoms. The topological polar surface area (TPSA) is 54.0 Å². The van der Waals surface area contributed by atoms with Crippen molar-refractivity contribution in [2.75, 3.05) is 11.4 Å². The first-order valence-corrected chi connectivity index (χ1v) is 8.90. The molecule has 5 heteroatoms. The molecular formula is C17H22BrN2O2+. The van der Waals surface area contributed by atoms with Gasteiger partial charge >= 0.3 is 0 Å². The van der Waals surface area contributed by atoms with Gasteiger partial charge in [0.25, 0.3) is 5.91 Å². The molecule has 1 aliphatic heterocycles. The molecule has 1 saturated carbocycles. The van der Waals surface area contributed by atoms with Gasteiger partial charge in [0.05, 0.1) is 18.7 Å². The lowest BCUT2D eigenvalue weighted by atomic mass is 9.89. The average molecular weight is 366 g/mol. The Balaban J connectivity index is 1.62. The lowest BCUT2D eigenvalue weighted by molar-refractivity contribution is -0.680. The number of nitrogens with zero attached hydrogens (tertiary/aromatic N) is 1. The number of carbonyl (C=O) groups excluding carboxylic acids is 2. The molecule has 0 radical (unpaired) electrons. The van der Waals surface area contributed by atoms with Crippen LogP contribution in [0.3, 0.4) is 0 Å². The third kappa shape index (κ3) is 3.41. The molecule has 0 aromatic heterocycles. The van der Waals surface area contributed by atoms with Crippen molar-refractivity contribution in [1.29, 1.82) is 0 Å². The van der Waals surface area contributed by atoms with Crippen LogP contribution in [-0.2, 0) is 9.59 Å². The van der Waals surface area contributed by atoms with E-state index in [1.165, 1.54) is 37.0 Å². The maximum atomic E-state index is 12.5. The van der Waals surface area contributed by atoms with Crippen LogP contribution in [0.4, 0.5) is 5.69 Å². The second-order valence-corrected chi connectivity index (χ2v) is 7.25.